The van der Waals surface area contributed by atoms with Crippen LogP contribution in [0.1, 0.15) is 63.0 Å². The van der Waals surface area contributed by atoms with Gasteiger partial charge in [-0.15, -0.1) is 0 Å². The molecule has 0 saturated carbocycles. The number of benzene rings is 2. The van der Waals surface area contributed by atoms with Crippen LogP contribution in [0.15, 0.2) is 59.1 Å². The Morgan fingerprint density at radius 1 is 0.792 bits per heavy atom. The summed E-state index contributed by atoms with van der Waals surface area (Å²) in [5.74, 6) is 0. The van der Waals surface area contributed by atoms with Crippen LogP contribution < -0.4 is 4.46 Å². The SMILES string of the molecule is CCCCCCCCC1=Cc2ccccc2C[Se+]1c1ccccc1. The van der Waals surface area contributed by atoms with Crippen LogP contribution in [-0.2, 0) is 5.32 Å². The average Bonchev–Trinajstić information content (AvgIpc) is 2.64. The standard InChI is InChI=1S/C23H29Se/c1-2-3-4-5-6-8-17-23-18-20-13-11-12-14-21(20)19-24(23)22-15-9-7-10-16-22/h7,9-16,18H,2-6,8,17,19H2,1H3/q+1. The van der Waals surface area contributed by atoms with Crippen LogP contribution in [-0.4, -0.2) is 13.9 Å². The third kappa shape index (κ3) is 4.62. The molecule has 0 aliphatic carbocycles. The second-order valence-corrected chi connectivity index (χ2v) is 11.0. The zero-order valence-electron chi connectivity index (χ0n) is 14.8. The zero-order chi connectivity index (χ0) is 16.6. The van der Waals surface area contributed by atoms with E-state index >= 15 is 0 Å². The Hall–Kier alpha value is -1.30. The first-order valence-electron chi connectivity index (χ1n) is 9.43. The molecule has 0 aromatic heterocycles. The van der Waals surface area contributed by atoms with Crippen LogP contribution in [0, 0.1) is 0 Å². The predicted molar refractivity (Wildman–Crippen MR) is 108 cm³/mol. The van der Waals surface area contributed by atoms with Gasteiger partial charge in [0.15, 0.2) is 0 Å². The van der Waals surface area contributed by atoms with Crippen molar-refractivity contribution in [2.75, 3.05) is 0 Å². The molecule has 0 N–H and O–H groups in total. The van der Waals surface area contributed by atoms with Crippen molar-refractivity contribution in [1.82, 2.24) is 0 Å². The van der Waals surface area contributed by atoms with E-state index in [1.165, 1.54) is 55.8 Å². The molecular formula is C23H29Se+. The van der Waals surface area contributed by atoms with Crippen molar-refractivity contribution in [3.8, 4) is 0 Å². The molecule has 0 radical (unpaired) electrons. The van der Waals surface area contributed by atoms with Crippen molar-refractivity contribution in [3.63, 3.8) is 0 Å². The molecule has 2 aromatic rings. The van der Waals surface area contributed by atoms with Gasteiger partial charge in [-0.1, -0.05) is 0 Å². The molecule has 24 heavy (non-hydrogen) atoms. The fraction of sp³-hybridized carbons (Fsp3) is 0.391. The summed E-state index contributed by atoms with van der Waals surface area (Å²) < 4.78 is 3.36. The fourth-order valence-corrected chi connectivity index (χ4v) is 8.38. The topological polar surface area (TPSA) is 0 Å². The summed E-state index contributed by atoms with van der Waals surface area (Å²) in [5.41, 5.74) is 3.02. The van der Waals surface area contributed by atoms with Crippen molar-refractivity contribution in [2.24, 2.45) is 0 Å². The number of unbranched alkanes of at least 4 members (excludes halogenated alkanes) is 5. The predicted octanol–water partition coefficient (Wildman–Crippen LogP) is 5.86. The van der Waals surface area contributed by atoms with Gasteiger partial charge in [-0.2, -0.15) is 0 Å². The first kappa shape index (κ1) is 17.5. The van der Waals surface area contributed by atoms with Gasteiger partial charge in [0.1, 0.15) is 0 Å². The van der Waals surface area contributed by atoms with E-state index in [0.29, 0.717) is 0 Å². The molecule has 0 spiro atoms. The second-order valence-electron chi connectivity index (χ2n) is 6.68. The van der Waals surface area contributed by atoms with Crippen molar-refractivity contribution in [2.45, 2.75) is 57.2 Å². The summed E-state index contributed by atoms with van der Waals surface area (Å²) in [5, 5.41) is 1.28. The van der Waals surface area contributed by atoms with Crippen LogP contribution in [0.5, 0.6) is 0 Å². The average molecular weight is 384 g/mol. The van der Waals surface area contributed by atoms with Gasteiger partial charge in [0.25, 0.3) is 0 Å². The molecule has 0 fully saturated rings. The molecular weight excluding hydrogens is 355 g/mol. The van der Waals surface area contributed by atoms with Gasteiger partial charge < -0.3 is 0 Å². The van der Waals surface area contributed by atoms with Crippen molar-refractivity contribution in [1.29, 1.82) is 0 Å². The summed E-state index contributed by atoms with van der Waals surface area (Å²) in [6, 6.07) is 20.3. The molecule has 1 heteroatoms. The van der Waals surface area contributed by atoms with Gasteiger partial charge in [-0.3, -0.25) is 0 Å². The first-order chi connectivity index (χ1) is 11.9. The van der Waals surface area contributed by atoms with E-state index < -0.39 is 13.9 Å². The maximum atomic E-state index is 2.53. The van der Waals surface area contributed by atoms with Gasteiger partial charge >= 0.3 is 152 Å². The first-order valence-corrected chi connectivity index (χ1v) is 12.4. The Balaban J connectivity index is 1.70. The Morgan fingerprint density at radius 2 is 1.50 bits per heavy atom. The summed E-state index contributed by atoms with van der Waals surface area (Å²) in [6.45, 7) is 2.29. The molecule has 0 amide bonds. The van der Waals surface area contributed by atoms with Crippen molar-refractivity contribution >= 4 is 24.4 Å². The van der Waals surface area contributed by atoms with Gasteiger partial charge in [-0.25, -0.2) is 0 Å². The normalized spacial score (nSPS) is 16.5. The Bertz CT molecular complexity index is 657. The quantitative estimate of drug-likeness (QED) is 0.395. The summed E-state index contributed by atoms with van der Waals surface area (Å²) in [6.07, 6.45) is 12.2. The number of hydrogen-bond acceptors (Lipinski definition) is 0. The summed E-state index contributed by atoms with van der Waals surface area (Å²) >= 11 is -0.880. The minimum atomic E-state index is -0.880. The van der Waals surface area contributed by atoms with Crippen molar-refractivity contribution in [3.05, 3.63) is 70.2 Å². The Kier molecular flexibility index (Phi) is 6.75. The molecule has 3 rings (SSSR count). The molecule has 0 bridgehead atoms. The van der Waals surface area contributed by atoms with Crippen LogP contribution in [0.4, 0.5) is 0 Å². The van der Waals surface area contributed by atoms with Gasteiger partial charge in [0.2, 0.25) is 0 Å². The van der Waals surface area contributed by atoms with E-state index in [1.807, 2.05) is 0 Å². The van der Waals surface area contributed by atoms with E-state index in [-0.39, 0.29) is 0 Å². The van der Waals surface area contributed by atoms with Crippen LogP contribution >= 0.6 is 0 Å². The third-order valence-corrected chi connectivity index (χ3v) is 9.82. The monoisotopic (exact) mass is 385 g/mol. The van der Waals surface area contributed by atoms with Gasteiger partial charge in [0.05, 0.1) is 0 Å². The number of hydrogen-bond donors (Lipinski definition) is 0. The van der Waals surface area contributed by atoms with E-state index in [2.05, 4.69) is 67.6 Å². The molecule has 0 saturated heterocycles. The summed E-state index contributed by atoms with van der Waals surface area (Å²) in [7, 11) is 0. The molecule has 1 heterocycles. The molecule has 1 unspecified atom stereocenters. The van der Waals surface area contributed by atoms with E-state index in [0.717, 1.165) is 0 Å². The number of allylic oxidation sites excluding steroid dienone is 1. The van der Waals surface area contributed by atoms with Gasteiger partial charge in [0, 0.05) is 0 Å². The van der Waals surface area contributed by atoms with Crippen molar-refractivity contribution < 1.29 is 0 Å². The Morgan fingerprint density at radius 3 is 2.33 bits per heavy atom. The van der Waals surface area contributed by atoms with E-state index in [1.54, 1.807) is 14.5 Å². The molecule has 1 atom stereocenters. The zero-order valence-corrected chi connectivity index (χ0v) is 16.6. The molecule has 2 aromatic carbocycles. The molecule has 1 aliphatic heterocycles. The second kappa shape index (κ2) is 9.25. The molecule has 1 aliphatic rings. The van der Waals surface area contributed by atoms with Gasteiger partial charge in [-0.05, 0) is 0 Å². The van der Waals surface area contributed by atoms with Crippen LogP contribution in [0.25, 0.3) is 6.08 Å². The van der Waals surface area contributed by atoms with Crippen LogP contribution in [0.2, 0.25) is 0 Å². The van der Waals surface area contributed by atoms with E-state index in [9.17, 15) is 0 Å². The fourth-order valence-electron chi connectivity index (χ4n) is 3.39. The third-order valence-electron chi connectivity index (χ3n) is 4.79. The van der Waals surface area contributed by atoms with Crippen LogP contribution in [0.3, 0.4) is 0 Å². The molecule has 0 nitrogen and oxygen atoms in total. The minimum absolute atomic E-state index is 0.880. The number of rotatable bonds is 8. The van der Waals surface area contributed by atoms with E-state index in [4.69, 9.17) is 0 Å². The number of fused-ring (bicyclic) bond motifs is 1. The maximum absolute atomic E-state index is 2.53. The Labute approximate surface area is 151 Å². The summed E-state index contributed by atoms with van der Waals surface area (Å²) in [4.78, 5) is 0. The molecule has 126 valence electrons.